The number of carboxylic acid groups (broad SMARTS) is 1. The van der Waals surface area contributed by atoms with E-state index in [1.165, 1.54) is 4.90 Å². The molecule has 204 valence electrons. The highest BCUT2D eigenvalue weighted by Gasteiger charge is 2.38. The minimum absolute atomic E-state index is 0.187. The number of carbonyl (C=O) groups excluding carboxylic acids is 3. The molecule has 2 aromatic rings. The molecule has 2 aromatic carbocycles. The normalized spacial score (nSPS) is 16.8. The standard InChI is InChI=1S/C29H37N3O6/c1-29(2,3)38-28(37)31-22(17-16-20-11-6-4-7-12-20)25(33)30-23(19-21-13-8-5-9-14-21)26(34)32-18-10-15-24(32)27(35)36/h4-9,11-14,22-24H,10,15-19H2,1-3H3,(H,30,33)(H,31,37)(H,35,36)/t22-,23-,24-/m1/s1. The summed E-state index contributed by atoms with van der Waals surface area (Å²) in [7, 11) is 0. The fourth-order valence-electron chi connectivity index (χ4n) is 4.48. The van der Waals surface area contributed by atoms with Crippen molar-refractivity contribution in [2.75, 3.05) is 6.54 Å². The molecule has 0 radical (unpaired) electrons. The summed E-state index contributed by atoms with van der Waals surface area (Å²) < 4.78 is 5.37. The Balaban J connectivity index is 1.81. The first-order valence-electron chi connectivity index (χ1n) is 12.9. The van der Waals surface area contributed by atoms with Crippen molar-refractivity contribution in [2.45, 2.75) is 76.6 Å². The Morgan fingerprint density at radius 3 is 2.13 bits per heavy atom. The third-order valence-corrected chi connectivity index (χ3v) is 6.29. The topological polar surface area (TPSA) is 125 Å². The molecule has 0 unspecified atom stereocenters. The van der Waals surface area contributed by atoms with Gasteiger partial charge in [-0.05, 0) is 57.6 Å². The van der Waals surface area contributed by atoms with E-state index >= 15 is 0 Å². The van der Waals surface area contributed by atoms with Gasteiger partial charge in [0.2, 0.25) is 11.8 Å². The molecule has 0 bridgehead atoms. The molecule has 38 heavy (non-hydrogen) atoms. The lowest BCUT2D eigenvalue weighted by Crippen LogP contribution is -2.56. The number of likely N-dealkylation sites (tertiary alicyclic amines) is 1. The summed E-state index contributed by atoms with van der Waals surface area (Å²) in [6, 6.07) is 15.9. The van der Waals surface area contributed by atoms with Crippen LogP contribution < -0.4 is 10.6 Å². The van der Waals surface area contributed by atoms with E-state index in [4.69, 9.17) is 4.74 Å². The summed E-state index contributed by atoms with van der Waals surface area (Å²) in [5.41, 5.74) is 1.06. The van der Waals surface area contributed by atoms with Crippen molar-refractivity contribution in [1.82, 2.24) is 15.5 Å². The number of aliphatic carboxylic acids is 1. The maximum atomic E-state index is 13.5. The lowest BCUT2D eigenvalue weighted by atomic mass is 10.0. The van der Waals surface area contributed by atoms with E-state index in [-0.39, 0.29) is 12.8 Å². The van der Waals surface area contributed by atoms with Crippen molar-refractivity contribution in [3.05, 3.63) is 71.8 Å². The molecule has 3 atom stereocenters. The van der Waals surface area contributed by atoms with E-state index in [2.05, 4.69) is 10.6 Å². The number of hydrogen-bond acceptors (Lipinski definition) is 5. The zero-order valence-corrected chi connectivity index (χ0v) is 22.2. The van der Waals surface area contributed by atoms with E-state index in [1.807, 2.05) is 60.7 Å². The fourth-order valence-corrected chi connectivity index (χ4v) is 4.48. The minimum Gasteiger partial charge on any atom is -0.480 e. The molecule has 0 spiro atoms. The van der Waals surface area contributed by atoms with Crippen LogP contribution in [0.1, 0.15) is 51.2 Å². The van der Waals surface area contributed by atoms with Crippen LogP contribution in [0.5, 0.6) is 0 Å². The number of carbonyl (C=O) groups is 4. The molecule has 1 fully saturated rings. The van der Waals surface area contributed by atoms with Crippen LogP contribution in [0.3, 0.4) is 0 Å². The lowest BCUT2D eigenvalue weighted by Gasteiger charge is -2.29. The summed E-state index contributed by atoms with van der Waals surface area (Å²) in [5, 5.41) is 15.1. The molecular formula is C29H37N3O6. The van der Waals surface area contributed by atoms with Crippen molar-refractivity contribution in [3.63, 3.8) is 0 Å². The van der Waals surface area contributed by atoms with Gasteiger partial charge in [-0.2, -0.15) is 0 Å². The van der Waals surface area contributed by atoms with E-state index in [9.17, 15) is 24.3 Å². The van der Waals surface area contributed by atoms with Gasteiger partial charge in [-0.15, -0.1) is 0 Å². The van der Waals surface area contributed by atoms with E-state index in [0.717, 1.165) is 11.1 Å². The highest BCUT2D eigenvalue weighted by atomic mass is 16.6. The van der Waals surface area contributed by atoms with Gasteiger partial charge >= 0.3 is 12.1 Å². The highest BCUT2D eigenvalue weighted by Crippen LogP contribution is 2.20. The average Bonchev–Trinajstić information content (AvgIpc) is 3.36. The second-order valence-corrected chi connectivity index (χ2v) is 10.5. The Morgan fingerprint density at radius 1 is 0.947 bits per heavy atom. The molecule has 1 heterocycles. The summed E-state index contributed by atoms with van der Waals surface area (Å²) in [6.45, 7) is 5.50. The van der Waals surface area contributed by atoms with E-state index < -0.39 is 47.6 Å². The first-order valence-corrected chi connectivity index (χ1v) is 12.9. The summed E-state index contributed by atoms with van der Waals surface area (Å²) in [5.74, 6) is -2.05. The Morgan fingerprint density at radius 2 is 1.55 bits per heavy atom. The number of hydrogen-bond donors (Lipinski definition) is 3. The number of amides is 3. The van der Waals surface area contributed by atoms with Crippen molar-refractivity contribution in [3.8, 4) is 0 Å². The molecule has 0 saturated carbocycles. The first kappa shape index (κ1) is 28.7. The number of alkyl carbamates (subject to hydrolysis) is 1. The molecule has 3 amide bonds. The number of nitrogens with one attached hydrogen (secondary N) is 2. The van der Waals surface area contributed by atoms with Gasteiger partial charge in [-0.1, -0.05) is 60.7 Å². The van der Waals surface area contributed by atoms with Crippen molar-refractivity contribution in [1.29, 1.82) is 0 Å². The number of benzene rings is 2. The van der Waals surface area contributed by atoms with Gasteiger partial charge < -0.3 is 25.4 Å². The van der Waals surface area contributed by atoms with Crippen molar-refractivity contribution >= 4 is 23.9 Å². The minimum atomic E-state index is -1.06. The molecule has 3 N–H and O–H groups in total. The molecule has 0 aliphatic carbocycles. The summed E-state index contributed by atoms with van der Waals surface area (Å²) >= 11 is 0. The number of rotatable bonds is 10. The maximum Gasteiger partial charge on any atom is 0.408 e. The summed E-state index contributed by atoms with van der Waals surface area (Å²) in [4.78, 5) is 52.7. The van der Waals surface area contributed by atoms with Crippen LogP contribution in [0.4, 0.5) is 4.79 Å². The molecule has 0 aromatic heterocycles. The van der Waals surface area contributed by atoms with Gasteiger partial charge in [0.1, 0.15) is 23.7 Å². The maximum absolute atomic E-state index is 13.5. The van der Waals surface area contributed by atoms with Gasteiger partial charge in [0, 0.05) is 13.0 Å². The molecule has 9 heteroatoms. The van der Waals surface area contributed by atoms with E-state index in [1.54, 1.807) is 20.8 Å². The van der Waals surface area contributed by atoms with E-state index in [0.29, 0.717) is 25.8 Å². The quantitative estimate of drug-likeness (QED) is 0.439. The number of aryl methyl sites for hydroxylation is 1. The predicted octanol–water partition coefficient (Wildman–Crippen LogP) is 3.32. The molecule has 9 nitrogen and oxygen atoms in total. The zero-order valence-electron chi connectivity index (χ0n) is 22.2. The van der Waals surface area contributed by atoms with Crippen LogP contribution in [-0.2, 0) is 32.0 Å². The molecule has 1 aliphatic heterocycles. The Hall–Kier alpha value is -3.88. The molecule has 1 aliphatic rings. The van der Waals surface area contributed by atoms with Crippen LogP contribution in [-0.4, -0.2) is 64.2 Å². The third kappa shape index (κ3) is 8.61. The largest absolute Gasteiger partial charge is 0.480 e. The second kappa shape index (κ2) is 13.1. The number of carboxylic acids is 1. The van der Waals surface area contributed by atoms with Crippen molar-refractivity contribution in [2.24, 2.45) is 0 Å². The van der Waals surface area contributed by atoms with Crippen LogP contribution >= 0.6 is 0 Å². The Kier molecular flexibility index (Phi) is 9.87. The van der Waals surface area contributed by atoms with Crippen LogP contribution in [0, 0.1) is 0 Å². The average molecular weight is 524 g/mol. The number of ether oxygens (including phenoxy) is 1. The highest BCUT2D eigenvalue weighted by molar-refractivity contribution is 5.93. The number of nitrogens with zero attached hydrogens (tertiary/aromatic N) is 1. The van der Waals surface area contributed by atoms with Crippen LogP contribution in [0.25, 0.3) is 0 Å². The zero-order chi connectivity index (χ0) is 27.7. The monoisotopic (exact) mass is 523 g/mol. The van der Waals surface area contributed by atoms with Crippen LogP contribution in [0.2, 0.25) is 0 Å². The smallest absolute Gasteiger partial charge is 0.408 e. The van der Waals surface area contributed by atoms with Gasteiger partial charge in [-0.25, -0.2) is 9.59 Å². The first-order chi connectivity index (χ1) is 18.0. The fraction of sp³-hybridized carbons (Fsp3) is 0.448. The Bertz CT molecular complexity index is 1100. The SMILES string of the molecule is CC(C)(C)OC(=O)N[C@H](CCc1ccccc1)C(=O)N[C@H](Cc1ccccc1)C(=O)N1CCC[C@@H]1C(=O)O. The van der Waals surface area contributed by atoms with Gasteiger partial charge in [0.25, 0.3) is 0 Å². The van der Waals surface area contributed by atoms with Gasteiger partial charge in [0.05, 0.1) is 0 Å². The van der Waals surface area contributed by atoms with Gasteiger partial charge in [-0.3, -0.25) is 9.59 Å². The second-order valence-electron chi connectivity index (χ2n) is 10.5. The third-order valence-electron chi connectivity index (χ3n) is 6.29. The predicted molar refractivity (Wildman–Crippen MR) is 142 cm³/mol. The summed E-state index contributed by atoms with van der Waals surface area (Å²) in [6.07, 6.45) is 1.19. The van der Waals surface area contributed by atoms with Gasteiger partial charge in [0.15, 0.2) is 0 Å². The Labute approximate surface area is 223 Å². The molecule has 1 saturated heterocycles. The molecular weight excluding hydrogens is 486 g/mol. The molecule has 3 rings (SSSR count). The lowest BCUT2D eigenvalue weighted by molar-refractivity contribution is -0.149. The van der Waals surface area contributed by atoms with Crippen LogP contribution in [0.15, 0.2) is 60.7 Å². The van der Waals surface area contributed by atoms with Crippen molar-refractivity contribution < 1.29 is 29.0 Å².